The van der Waals surface area contributed by atoms with E-state index in [9.17, 15) is 4.79 Å². The van der Waals surface area contributed by atoms with E-state index in [1.807, 2.05) is 35.0 Å². The lowest BCUT2D eigenvalue weighted by Gasteiger charge is -2.33. The number of nitrogens with one attached hydrogen (secondary N) is 1. The van der Waals surface area contributed by atoms with Crippen molar-refractivity contribution < 1.29 is 9.21 Å². The van der Waals surface area contributed by atoms with Gasteiger partial charge in [0.15, 0.2) is 0 Å². The van der Waals surface area contributed by atoms with Crippen LogP contribution in [0.2, 0.25) is 0 Å². The van der Waals surface area contributed by atoms with E-state index < -0.39 is 0 Å². The van der Waals surface area contributed by atoms with Crippen molar-refractivity contribution in [2.45, 2.75) is 65.3 Å². The molecule has 0 aliphatic carbocycles. The summed E-state index contributed by atoms with van der Waals surface area (Å²) >= 11 is 0. The highest BCUT2D eigenvalue weighted by Gasteiger charge is 2.19. The van der Waals surface area contributed by atoms with Crippen LogP contribution in [0.25, 0.3) is 17.3 Å². The molecule has 8 heteroatoms. The van der Waals surface area contributed by atoms with Crippen LogP contribution in [0.3, 0.4) is 0 Å². The second-order valence-electron chi connectivity index (χ2n) is 9.19. The molecule has 0 bridgehead atoms. The van der Waals surface area contributed by atoms with Crippen molar-refractivity contribution in [3.63, 3.8) is 0 Å². The van der Waals surface area contributed by atoms with Crippen LogP contribution in [0.5, 0.6) is 0 Å². The normalized spacial score (nSPS) is 16.9. The van der Waals surface area contributed by atoms with E-state index in [0.717, 1.165) is 24.3 Å². The summed E-state index contributed by atoms with van der Waals surface area (Å²) in [6.45, 7) is 11.1. The Hall–Kier alpha value is -3.00. The second kappa shape index (κ2) is 10.3. The summed E-state index contributed by atoms with van der Waals surface area (Å²) in [6.07, 6.45) is 4.84. The van der Waals surface area contributed by atoms with Crippen molar-refractivity contribution >= 4 is 5.91 Å². The molecule has 33 heavy (non-hydrogen) atoms. The maximum Gasteiger partial charge on any atom is 0.268 e. The zero-order chi connectivity index (χ0) is 23.4. The van der Waals surface area contributed by atoms with Gasteiger partial charge in [-0.25, -0.2) is 4.68 Å². The summed E-state index contributed by atoms with van der Waals surface area (Å²) in [5.74, 6) is 1.06. The minimum atomic E-state index is -0.0606. The Kier molecular flexibility index (Phi) is 7.23. The van der Waals surface area contributed by atoms with Gasteiger partial charge in [-0.05, 0) is 62.9 Å². The zero-order valence-electron chi connectivity index (χ0n) is 20.0. The monoisotopic (exact) mass is 450 g/mol. The van der Waals surface area contributed by atoms with Gasteiger partial charge in [0.1, 0.15) is 5.69 Å². The van der Waals surface area contributed by atoms with Gasteiger partial charge in [0.05, 0.1) is 5.69 Å². The van der Waals surface area contributed by atoms with Crippen LogP contribution in [0.15, 0.2) is 34.7 Å². The van der Waals surface area contributed by atoms with E-state index in [0.29, 0.717) is 35.6 Å². The summed E-state index contributed by atoms with van der Waals surface area (Å²) in [5.41, 5.74) is 3.09. The van der Waals surface area contributed by atoms with Gasteiger partial charge in [0.2, 0.25) is 5.89 Å². The van der Waals surface area contributed by atoms with Crippen LogP contribution >= 0.6 is 0 Å². The molecule has 1 N–H and O–H groups in total. The van der Waals surface area contributed by atoms with Crippen molar-refractivity contribution in [2.75, 3.05) is 19.6 Å². The van der Waals surface area contributed by atoms with Crippen LogP contribution < -0.4 is 5.32 Å². The predicted octanol–water partition coefficient (Wildman–Crippen LogP) is 4.35. The number of hydrogen-bond donors (Lipinski definition) is 1. The Bertz CT molecular complexity index is 1090. The van der Waals surface area contributed by atoms with Gasteiger partial charge in [0, 0.05) is 37.3 Å². The highest BCUT2D eigenvalue weighted by molar-refractivity contribution is 5.94. The van der Waals surface area contributed by atoms with Crippen molar-refractivity contribution in [1.29, 1.82) is 0 Å². The third-order valence-electron chi connectivity index (χ3n) is 6.27. The SMILES string of the molecule is Cc1nnc(-c2cc(C(C)C)n(-c3cccc(C(=O)NCCCN4CCCC[C@H]4C)c3)n2)o1. The molecule has 0 spiro atoms. The first-order valence-corrected chi connectivity index (χ1v) is 12.0. The van der Waals surface area contributed by atoms with Gasteiger partial charge in [-0.3, -0.25) is 4.79 Å². The molecule has 0 radical (unpaired) electrons. The van der Waals surface area contributed by atoms with Crippen LogP contribution in [0.1, 0.15) is 74.3 Å². The molecule has 0 saturated carbocycles. The molecule has 3 aromatic rings. The number of aromatic nitrogens is 4. The van der Waals surface area contributed by atoms with Gasteiger partial charge in [-0.2, -0.15) is 5.10 Å². The van der Waals surface area contributed by atoms with Crippen LogP contribution in [0.4, 0.5) is 0 Å². The number of benzene rings is 1. The quantitative estimate of drug-likeness (QED) is 0.513. The van der Waals surface area contributed by atoms with Gasteiger partial charge in [-0.15, -0.1) is 10.2 Å². The highest BCUT2D eigenvalue weighted by Crippen LogP contribution is 2.26. The summed E-state index contributed by atoms with van der Waals surface area (Å²) in [6, 6.07) is 10.2. The summed E-state index contributed by atoms with van der Waals surface area (Å²) in [4.78, 5) is 15.3. The number of carbonyl (C=O) groups is 1. The lowest BCUT2D eigenvalue weighted by Crippen LogP contribution is -2.39. The first-order valence-electron chi connectivity index (χ1n) is 12.0. The molecule has 1 aliphatic heterocycles. The van der Waals surface area contributed by atoms with Crippen molar-refractivity contribution in [3.05, 3.63) is 47.5 Å². The first-order chi connectivity index (χ1) is 15.9. The van der Waals surface area contributed by atoms with E-state index in [1.54, 1.807) is 6.92 Å². The molecular weight excluding hydrogens is 416 g/mol. The summed E-state index contributed by atoms with van der Waals surface area (Å²) < 4.78 is 7.41. The molecule has 0 unspecified atom stereocenters. The Morgan fingerprint density at radius 1 is 1.24 bits per heavy atom. The molecular formula is C25H34N6O2. The molecule has 176 valence electrons. The molecule has 1 atom stereocenters. The fourth-order valence-electron chi connectivity index (χ4n) is 4.37. The molecule has 2 aromatic heterocycles. The third-order valence-corrected chi connectivity index (χ3v) is 6.27. The van der Waals surface area contributed by atoms with Crippen LogP contribution in [-0.2, 0) is 0 Å². The number of nitrogens with zero attached hydrogens (tertiary/aromatic N) is 5. The van der Waals surface area contributed by atoms with Gasteiger partial charge >= 0.3 is 0 Å². The largest absolute Gasteiger partial charge is 0.420 e. The number of likely N-dealkylation sites (tertiary alicyclic amines) is 1. The molecule has 1 aliphatic rings. The molecule has 1 saturated heterocycles. The average molecular weight is 451 g/mol. The van der Waals surface area contributed by atoms with Gasteiger partial charge < -0.3 is 14.6 Å². The fourth-order valence-corrected chi connectivity index (χ4v) is 4.37. The second-order valence-corrected chi connectivity index (χ2v) is 9.19. The Balaban J connectivity index is 1.44. The standard InChI is InChI=1S/C25H34N6O2/c1-17(2)23-16-22(25-28-27-19(4)33-25)29-31(23)21-11-7-10-20(15-21)24(32)26-12-8-14-30-13-6-5-9-18(30)3/h7,10-11,15-18H,5-6,8-9,12-14H2,1-4H3,(H,26,32)/t18-/m1/s1. The van der Waals surface area contributed by atoms with E-state index >= 15 is 0 Å². The fraction of sp³-hybridized carbons (Fsp3) is 0.520. The lowest BCUT2D eigenvalue weighted by molar-refractivity contribution is 0.0949. The molecule has 4 rings (SSSR count). The van der Waals surface area contributed by atoms with Crippen LogP contribution in [-0.4, -0.2) is 56.5 Å². The molecule has 3 heterocycles. The molecule has 1 fully saturated rings. The summed E-state index contributed by atoms with van der Waals surface area (Å²) in [7, 11) is 0. The number of hydrogen-bond acceptors (Lipinski definition) is 6. The van der Waals surface area contributed by atoms with Crippen LogP contribution in [0, 0.1) is 6.92 Å². The highest BCUT2D eigenvalue weighted by atomic mass is 16.4. The zero-order valence-corrected chi connectivity index (χ0v) is 20.0. The molecule has 8 nitrogen and oxygen atoms in total. The summed E-state index contributed by atoms with van der Waals surface area (Å²) in [5, 5.41) is 15.8. The van der Waals surface area contributed by atoms with E-state index in [2.05, 4.69) is 41.2 Å². The maximum atomic E-state index is 12.8. The predicted molar refractivity (Wildman–Crippen MR) is 128 cm³/mol. The average Bonchev–Trinajstić information content (AvgIpc) is 3.44. The van der Waals surface area contributed by atoms with Crippen molar-refractivity contribution in [2.24, 2.45) is 0 Å². The first kappa shape index (κ1) is 23.2. The maximum absolute atomic E-state index is 12.8. The van der Waals surface area contributed by atoms with Crippen molar-refractivity contribution in [1.82, 2.24) is 30.2 Å². The molecule has 1 amide bonds. The number of carbonyl (C=O) groups excluding carboxylic acids is 1. The van der Waals surface area contributed by atoms with E-state index in [4.69, 9.17) is 9.52 Å². The minimum absolute atomic E-state index is 0.0606. The molecule has 1 aromatic carbocycles. The Labute approximate surface area is 195 Å². The van der Waals surface area contributed by atoms with E-state index in [1.165, 1.54) is 25.8 Å². The van der Waals surface area contributed by atoms with Crippen molar-refractivity contribution in [3.8, 4) is 17.3 Å². The van der Waals surface area contributed by atoms with Gasteiger partial charge in [-0.1, -0.05) is 26.3 Å². The Morgan fingerprint density at radius 2 is 2.09 bits per heavy atom. The van der Waals surface area contributed by atoms with Gasteiger partial charge in [0.25, 0.3) is 11.8 Å². The Morgan fingerprint density at radius 3 is 2.82 bits per heavy atom. The number of piperidine rings is 1. The minimum Gasteiger partial charge on any atom is -0.420 e. The number of rotatable bonds is 8. The van der Waals surface area contributed by atoms with E-state index in [-0.39, 0.29) is 11.8 Å². The smallest absolute Gasteiger partial charge is 0.268 e. The lowest BCUT2D eigenvalue weighted by atomic mass is 10.0. The topological polar surface area (TPSA) is 89.1 Å². The third kappa shape index (κ3) is 5.50. The number of amides is 1. The number of aryl methyl sites for hydroxylation is 1.